The lowest BCUT2D eigenvalue weighted by molar-refractivity contribution is -0.153. The average molecular weight is 698 g/mol. The number of carbonyl (C=O) groups is 1. The van der Waals surface area contributed by atoms with Crippen molar-refractivity contribution in [2.24, 2.45) is 7.05 Å². The molecule has 0 radical (unpaired) electrons. The van der Waals surface area contributed by atoms with E-state index in [4.69, 9.17) is 13.9 Å². The van der Waals surface area contributed by atoms with E-state index >= 15 is 0 Å². The van der Waals surface area contributed by atoms with Crippen LogP contribution in [0.25, 0.3) is 10.9 Å². The van der Waals surface area contributed by atoms with Crippen LogP contribution in [-0.2, 0) is 23.6 Å². The van der Waals surface area contributed by atoms with Crippen LogP contribution in [0.1, 0.15) is 27.6 Å². The van der Waals surface area contributed by atoms with Crippen molar-refractivity contribution in [1.82, 2.24) is 19.4 Å². The monoisotopic (exact) mass is 697 g/mol. The number of nitrogens with one attached hydrogen (secondary N) is 1. The zero-order valence-corrected chi connectivity index (χ0v) is 27.8. The predicted octanol–water partition coefficient (Wildman–Crippen LogP) is 6.28. The molecule has 1 aliphatic rings. The normalized spacial score (nSPS) is 14.3. The van der Waals surface area contributed by atoms with Crippen LogP contribution in [0, 0.1) is 13.8 Å². The number of benzene rings is 2. The number of anilines is 1. The van der Waals surface area contributed by atoms with Crippen molar-refractivity contribution in [1.29, 1.82) is 0 Å². The Morgan fingerprint density at radius 2 is 1.67 bits per heavy atom. The molecule has 0 saturated carbocycles. The summed E-state index contributed by atoms with van der Waals surface area (Å²) in [6.07, 6.45) is -3.03. The minimum Gasteiger partial charge on any atom is -0.484 e. The van der Waals surface area contributed by atoms with E-state index in [1.54, 1.807) is 44.2 Å². The van der Waals surface area contributed by atoms with Gasteiger partial charge in [-0.05, 0) is 55.8 Å². The molecule has 258 valence electrons. The Morgan fingerprint density at radius 1 is 0.959 bits per heavy atom. The van der Waals surface area contributed by atoms with Gasteiger partial charge in [-0.3, -0.25) is 14.4 Å². The molecule has 1 aliphatic heterocycles. The molecule has 4 heterocycles. The number of nitrogens with zero attached hydrogens (tertiary/aromatic N) is 4. The fourth-order valence-corrected chi connectivity index (χ4v) is 6.95. The molecule has 0 spiro atoms. The number of alkyl halides is 3. The standard InChI is InChI=1S/C34H34F3N5O6S/c1-22-16-31(23(2)47-22)49(44,45)39-26-7-11-32(38-19-26)48-28-10-6-25-17-30(40(3)29(25)18-28)33(43)42-14-12-41(13-15-42)20-24-4-8-27(9-5-24)46-21-34(35,36)37/h4-11,16-19,39H,12-15,20-21H2,1-3H3. The van der Waals surface area contributed by atoms with Crippen molar-refractivity contribution in [2.45, 2.75) is 31.5 Å². The van der Waals surface area contributed by atoms with Crippen LogP contribution in [0.4, 0.5) is 18.9 Å². The molecule has 0 unspecified atom stereocenters. The zero-order valence-electron chi connectivity index (χ0n) is 27.0. The van der Waals surface area contributed by atoms with E-state index < -0.39 is 22.8 Å². The third-order valence-electron chi connectivity index (χ3n) is 8.12. The maximum atomic E-state index is 13.5. The van der Waals surface area contributed by atoms with Crippen LogP contribution in [0.15, 0.2) is 82.2 Å². The first-order valence-corrected chi connectivity index (χ1v) is 16.9. The Hall–Kier alpha value is -5.02. The maximum Gasteiger partial charge on any atom is 0.422 e. The van der Waals surface area contributed by atoms with E-state index in [2.05, 4.69) is 14.6 Å². The topological polar surface area (TPSA) is 119 Å². The highest BCUT2D eigenvalue weighted by Crippen LogP contribution is 2.29. The van der Waals surface area contributed by atoms with E-state index in [0.717, 1.165) is 16.5 Å². The summed E-state index contributed by atoms with van der Waals surface area (Å²) in [7, 11) is -2.03. The maximum absolute atomic E-state index is 13.5. The molecule has 0 aliphatic carbocycles. The van der Waals surface area contributed by atoms with E-state index in [9.17, 15) is 26.4 Å². The van der Waals surface area contributed by atoms with Gasteiger partial charge in [0.05, 0.1) is 17.4 Å². The number of carbonyl (C=O) groups excluding carboxylic acids is 1. The summed E-state index contributed by atoms with van der Waals surface area (Å²) in [6.45, 7) is 4.89. The largest absolute Gasteiger partial charge is 0.484 e. The van der Waals surface area contributed by atoms with Crippen molar-refractivity contribution in [2.75, 3.05) is 37.5 Å². The summed E-state index contributed by atoms with van der Waals surface area (Å²) in [5.41, 5.74) is 2.53. The molecule has 1 saturated heterocycles. The average Bonchev–Trinajstić information content (AvgIpc) is 3.59. The van der Waals surface area contributed by atoms with E-state index in [1.165, 1.54) is 24.4 Å². The highest BCUT2D eigenvalue weighted by atomic mass is 32.2. The highest BCUT2D eigenvalue weighted by molar-refractivity contribution is 7.92. The molecule has 1 N–H and O–H groups in total. The number of sulfonamides is 1. The lowest BCUT2D eigenvalue weighted by atomic mass is 10.2. The number of rotatable bonds is 10. The third kappa shape index (κ3) is 8.00. The first-order valence-electron chi connectivity index (χ1n) is 15.4. The van der Waals surface area contributed by atoms with Crippen LogP contribution in [0.2, 0.25) is 0 Å². The van der Waals surface area contributed by atoms with Crippen LogP contribution in [-0.4, -0.2) is 72.6 Å². The summed E-state index contributed by atoms with van der Waals surface area (Å²) in [6, 6.07) is 18.4. The number of aromatic nitrogens is 2. The minimum atomic E-state index is -4.39. The number of aryl methyl sites for hydroxylation is 3. The third-order valence-corrected chi connectivity index (χ3v) is 9.61. The molecule has 6 rings (SSSR count). The minimum absolute atomic E-state index is 0.0596. The second-order valence-corrected chi connectivity index (χ2v) is 13.4. The molecule has 0 bridgehead atoms. The van der Waals surface area contributed by atoms with Gasteiger partial charge < -0.3 is 23.4 Å². The molecule has 3 aromatic heterocycles. The van der Waals surface area contributed by atoms with Gasteiger partial charge in [0.25, 0.3) is 15.9 Å². The summed E-state index contributed by atoms with van der Waals surface area (Å²) in [5.74, 6) is 1.61. The van der Waals surface area contributed by atoms with E-state index in [-0.39, 0.29) is 28.1 Å². The molecule has 15 heteroatoms. The molecule has 1 fully saturated rings. The fourth-order valence-electron chi connectivity index (χ4n) is 5.67. The zero-order chi connectivity index (χ0) is 34.9. The Morgan fingerprint density at radius 3 is 2.31 bits per heavy atom. The summed E-state index contributed by atoms with van der Waals surface area (Å²) in [5, 5.41) is 0.863. The summed E-state index contributed by atoms with van der Waals surface area (Å²) in [4.78, 5) is 21.8. The van der Waals surface area contributed by atoms with Crippen molar-refractivity contribution >= 4 is 32.5 Å². The number of fused-ring (bicyclic) bond motifs is 1. The van der Waals surface area contributed by atoms with Crippen molar-refractivity contribution in [3.8, 4) is 17.4 Å². The van der Waals surface area contributed by atoms with Gasteiger partial charge in [-0.15, -0.1) is 0 Å². The number of hydrogen-bond acceptors (Lipinski definition) is 8. The number of pyridine rings is 1. The Labute approximate surface area is 280 Å². The van der Waals surface area contributed by atoms with Gasteiger partial charge in [0.2, 0.25) is 5.88 Å². The van der Waals surface area contributed by atoms with Gasteiger partial charge in [0.15, 0.2) is 6.61 Å². The molecule has 0 atom stereocenters. The smallest absolute Gasteiger partial charge is 0.422 e. The highest BCUT2D eigenvalue weighted by Gasteiger charge is 2.29. The number of furan rings is 1. The first-order chi connectivity index (χ1) is 23.2. The first kappa shape index (κ1) is 33.9. The van der Waals surface area contributed by atoms with Gasteiger partial charge >= 0.3 is 6.18 Å². The molecule has 5 aromatic rings. The van der Waals surface area contributed by atoms with Gasteiger partial charge in [0, 0.05) is 63.4 Å². The van der Waals surface area contributed by atoms with E-state index in [1.807, 2.05) is 34.7 Å². The molecule has 11 nitrogen and oxygen atoms in total. The number of ether oxygens (including phenoxy) is 2. The van der Waals surface area contributed by atoms with Crippen LogP contribution in [0.5, 0.6) is 17.4 Å². The quantitative estimate of drug-likeness (QED) is 0.181. The lowest BCUT2D eigenvalue weighted by Gasteiger charge is -2.34. The van der Waals surface area contributed by atoms with Crippen LogP contribution in [0.3, 0.4) is 0 Å². The predicted molar refractivity (Wildman–Crippen MR) is 175 cm³/mol. The van der Waals surface area contributed by atoms with Gasteiger partial charge in [-0.2, -0.15) is 13.2 Å². The number of piperazine rings is 1. The summed E-state index contributed by atoms with van der Waals surface area (Å²) < 4.78 is 83.1. The van der Waals surface area contributed by atoms with Crippen LogP contribution >= 0.6 is 0 Å². The Balaban J connectivity index is 1.04. The number of halogens is 3. The van der Waals surface area contributed by atoms with Crippen LogP contribution < -0.4 is 14.2 Å². The molecule has 49 heavy (non-hydrogen) atoms. The second-order valence-electron chi connectivity index (χ2n) is 11.8. The Bertz CT molecular complexity index is 2070. The molecular formula is C34H34F3N5O6S. The molecule has 2 aromatic carbocycles. The molecular weight excluding hydrogens is 663 g/mol. The molecule has 1 amide bonds. The fraction of sp³-hybridized carbons (Fsp3) is 0.294. The van der Waals surface area contributed by atoms with Crippen molar-refractivity contribution in [3.05, 3.63) is 95.7 Å². The Kier molecular flexibility index (Phi) is 9.31. The van der Waals surface area contributed by atoms with Gasteiger partial charge in [0.1, 0.15) is 33.6 Å². The van der Waals surface area contributed by atoms with Gasteiger partial charge in [-0.25, -0.2) is 13.4 Å². The van der Waals surface area contributed by atoms with E-state index in [0.29, 0.717) is 55.7 Å². The SMILES string of the molecule is Cc1cc(S(=O)(=O)Nc2ccc(Oc3ccc4cc(C(=O)N5CCN(Cc6ccc(OCC(F)(F)F)cc6)CC5)n(C)c4c3)nc2)c(C)o1. The second kappa shape index (κ2) is 13.5. The van der Waals surface area contributed by atoms with Crippen molar-refractivity contribution in [3.63, 3.8) is 0 Å². The summed E-state index contributed by atoms with van der Waals surface area (Å²) >= 11 is 0. The van der Waals surface area contributed by atoms with Gasteiger partial charge in [-0.1, -0.05) is 12.1 Å². The number of amides is 1. The lowest BCUT2D eigenvalue weighted by Crippen LogP contribution is -2.48. The number of hydrogen-bond donors (Lipinski definition) is 1. The van der Waals surface area contributed by atoms with Crippen molar-refractivity contribution < 1.29 is 40.3 Å².